The van der Waals surface area contributed by atoms with Crippen LogP contribution in [0.2, 0.25) is 0 Å². The third-order valence-electron chi connectivity index (χ3n) is 3.66. The van der Waals surface area contributed by atoms with Gasteiger partial charge in [0.05, 0.1) is 18.6 Å². The molecule has 1 rings (SSSR count). The van der Waals surface area contributed by atoms with E-state index in [1.54, 1.807) is 0 Å². The Bertz CT molecular complexity index is 339. The van der Waals surface area contributed by atoms with Crippen molar-refractivity contribution >= 4 is 12.0 Å². The molecule has 3 N–H and O–H groups in total. The maximum absolute atomic E-state index is 11.9. The number of nitrogens with one attached hydrogen (secondary N) is 2. The van der Waals surface area contributed by atoms with Gasteiger partial charge in [-0.05, 0) is 18.8 Å². The fourth-order valence-electron chi connectivity index (χ4n) is 2.70. The van der Waals surface area contributed by atoms with E-state index >= 15 is 0 Å². The molecule has 1 saturated carbocycles. The minimum absolute atomic E-state index is 0.00965. The Balaban J connectivity index is 2.33. The van der Waals surface area contributed by atoms with Gasteiger partial charge in [-0.2, -0.15) is 0 Å². The second kappa shape index (κ2) is 8.87. The maximum atomic E-state index is 11.9. The third kappa shape index (κ3) is 7.32. The van der Waals surface area contributed by atoms with Gasteiger partial charge in [0.15, 0.2) is 0 Å². The first kappa shape index (κ1) is 17.8. The van der Waals surface area contributed by atoms with Crippen LogP contribution in [0.25, 0.3) is 0 Å². The number of urea groups is 1. The molecular formula is C15H28N2O4. The molecule has 1 aliphatic carbocycles. The highest BCUT2D eigenvalue weighted by Gasteiger charge is 2.35. The van der Waals surface area contributed by atoms with Gasteiger partial charge in [-0.15, -0.1) is 0 Å². The molecule has 1 aliphatic rings. The Morgan fingerprint density at radius 1 is 1.24 bits per heavy atom. The van der Waals surface area contributed by atoms with Gasteiger partial charge < -0.3 is 20.5 Å². The van der Waals surface area contributed by atoms with E-state index in [1.807, 2.05) is 0 Å². The summed E-state index contributed by atoms with van der Waals surface area (Å²) in [6.45, 7) is 5.71. The van der Waals surface area contributed by atoms with Crippen LogP contribution in [-0.4, -0.2) is 42.4 Å². The number of carboxylic acid groups (broad SMARTS) is 1. The Labute approximate surface area is 126 Å². The molecule has 0 bridgehead atoms. The zero-order valence-electron chi connectivity index (χ0n) is 13.1. The quantitative estimate of drug-likeness (QED) is 0.599. The van der Waals surface area contributed by atoms with E-state index in [0.717, 1.165) is 32.1 Å². The van der Waals surface area contributed by atoms with E-state index in [0.29, 0.717) is 25.7 Å². The molecule has 6 heteroatoms. The molecule has 21 heavy (non-hydrogen) atoms. The van der Waals surface area contributed by atoms with Crippen molar-refractivity contribution in [2.75, 3.05) is 19.8 Å². The SMILES string of the molecule is CC(C)COCCNC(=O)NC1(CC(=O)O)CCCCC1. The van der Waals surface area contributed by atoms with Crippen LogP contribution >= 0.6 is 0 Å². The molecular weight excluding hydrogens is 272 g/mol. The smallest absolute Gasteiger partial charge is 0.315 e. The molecule has 6 nitrogen and oxygen atoms in total. The van der Waals surface area contributed by atoms with E-state index in [-0.39, 0.29) is 12.5 Å². The summed E-state index contributed by atoms with van der Waals surface area (Å²) in [5.41, 5.74) is -0.590. The molecule has 0 saturated heterocycles. The lowest BCUT2D eigenvalue weighted by Gasteiger charge is -2.36. The summed E-state index contributed by atoms with van der Waals surface area (Å²) in [7, 11) is 0. The number of carboxylic acids is 1. The van der Waals surface area contributed by atoms with Crippen LogP contribution in [0, 0.1) is 5.92 Å². The van der Waals surface area contributed by atoms with Gasteiger partial charge in [-0.25, -0.2) is 4.79 Å². The summed E-state index contributed by atoms with van der Waals surface area (Å²) < 4.78 is 5.39. The number of aliphatic carboxylic acids is 1. The molecule has 0 heterocycles. The number of amides is 2. The summed E-state index contributed by atoms with van der Waals surface area (Å²) >= 11 is 0. The van der Waals surface area contributed by atoms with E-state index in [4.69, 9.17) is 9.84 Å². The van der Waals surface area contributed by atoms with E-state index in [2.05, 4.69) is 24.5 Å². The predicted octanol–water partition coefficient (Wildman–Crippen LogP) is 2.14. The number of carbonyl (C=O) groups excluding carboxylic acids is 1. The van der Waals surface area contributed by atoms with Crippen molar-refractivity contribution in [3.63, 3.8) is 0 Å². The van der Waals surface area contributed by atoms with Gasteiger partial charge in [0.2, 0.25) is 0 Å². The first-order chi connectivity index (χ1) is 9.93. The molecule has 0 spiro atoms. The van der Waals surface area contributed by atoms with Crippen LogP contribution in [0.5, 0.6) is 0 Å². The molecule has 122 valence electrons. The van der Waals surface area contributed by atoms with Gasteiger partial charge in [-0.1, -0.05) is 33.1 Å². The highest BCUT2D eigenvalue weighted by Crippen LogP contribution is 2.31. The monoisotopic (exact) mass is 300 g/mol. The average Bonchev–Trinajstić information content (AvgIpc) is 2.37. The number of carbonyl (C=O) groups is 2. The standard InChI is InChI=1S/C15H28N2O4/c1-12(2)11-21-9-8-16-14(20)17-15(10-13(18)19)6-4-3-5-7-15/h12H,3-11H2,1-2H3,(H,18,19)(H2,16,17,20). The zero-order chi connectivity index (χ0) is 15.7. The molecule has 0 aliphatic heterocycles. The zero-order valence-corrected chi connectivity index (χ0v) is 13.1. The van der Waals surface area contributed by atoms with E-state index < -0.39 is 11.5 Å². The van der Waals surface area contributed by atoms with Crippen molar-refractivity contribution < 1.29 is 19.4 Å². The number of rotatable bonds is 8. The van der Waals surface area contributed by atoms with Crippen molar-refractivity contribution in [1.29, 1.82) is 0 Å². The first-order valence-electron chi connectivity index (χ1n) is 7.79. The Hall–Kier alpha value is -1.30. The molecule has 0 unspecified atom stereocenters. The second-order valence-corrected chi connectivity index (χ2v) is 6.26. The van der Waals surface area contributed by atoms with Crippen molar-refractivity contribution in [1.82, 2.24) is 10.6 Å². The van der Waals surface area contributed by atoms with Crippen LogP contribution in [0.3, 0.4) is 0 Å². The van der Waals surface area contributed by atoms with E-state index in [9.17, 15) is 9.59 Å². The summed E-state index contributed by atoms with van der Waals surface area (Å²) in [5, 5.41) is 14.7. The molecule has 0 aromatic rings. The van der Waals surface area contributed by atoms with Crippen molar-refractivity contribution in [2.45, 2.75) is 57.9 Å². The number of ether oxygens (including phenoxy) is 1. The largest absolute Gasteiger partial charge is 0.481 e. The molecule has 2 amide bonds. The highest BCUT2D eigenvalue weighted by atomic mass is 16.5. The first-order valence-corrected chi connectivity index (χ1v) is 7.79. The minimum atomic E-state index is -0.863. The second-order valence-electron chi connectivity index (χ2n) is 6.26. The highest BCUT2D eigenvalue weighted by molar-refractivity contribution is 5.76. The molecule has 0 aromatic carbocycles. The van der Waals surface area contributed by atoms with Gasteiger partial charge in [0.1, 0.15) is 0 Å². The van der Waals surface area contributed by atoms with Gasteiger partial charge >= 0.3 is 12.0 Å². The summed E-state index contributed by atoms with van der Waals surface area (Å²) in [6, 6.07) is -0.300. The Kier molecular flexibility index (Phi) is 7.50. The summed E-state index contributed by atoms with van der Waals surface area (Å²) in [6.07, 6.45) is 4.49. The molecule has 0 radical (unpaired) electrons. The topological polar surface area (TPSA) is 87.7 Å². The fourth-order valence-corrected chi connectivity index (χ4v) is 2.70. The van der Waals surface area contributed by atoms with Crippen molar-refractivity contribution in [2.24, 2.45) is 5.92 Å². The van der Waals surface area contributed by atoms with Crippen molar-refractivity contribution in [3.05, 3.63) is 0 Å². The van der Waals surface area contributed by atoms with Crippen LogP contribution in [0.1, 0.15) is 52.4 Å². The molecule has 0 atom stereocenters. The van der Waals surface area contributed by atoms with Gasteiger partial charge in [-0.3, -0.25) is 4.79 Å². The Morgan fingerprint density at radius 2 is 1.90 bits per heavy atom. The normalized spacial score (nSPS) is 17.5. The predicted molar refractivity (Wildman–Crippen MR) is 80.3 cm³/mol. The summed E-state index contributed by atoms with van der Waals surface area (Å²) in [4.78, 5) is 22.9. The lowest BCUT2D eigenvalue weighted by atomic mass is 9.79. The molecule has 0 aromatic heterocycles. The van der Waals surface area contributed by atoms with Crippen LogP contribution in [-0.2, 0) is 9.53 Å². The van der Waals surface area contributed by atoms with Gasteiger partial charge in [0, 0.05) is 13.2 Å². The number of hydrogen-bond acceptors (Lipinski definition) is 3. The van der Waals surface area contributed by atoms with Crippen LogP contribution in [0.4, 0.5) is 4.79 Å². The lowest BCUT2D eigenvalue weighted by Crippen LogP contribution is -2.54. The fraction of sp³-hybridized carbons (Fsp3) is 0.867. The minimum Gasteiger partial charge on any atom is -0.481 e. The number of hydrogen-bond donors (Lipinski definition) is 3. The Morgan fingerprint density at radius 3 is 2.48 bits per heavy atom. The summed E-state index contributed by atoms with van der Waals surface area (Å²) in [5.74, 6) is -0.391. The van der Waals surface area contributed by atoms with Crippen LogP contribution in [0.15, 0.2) is 0 Å². The molecule has 1 fully saturated rings. The third-order valence-corrected chi connectivity index (χ3v) is 3.66. The van der Waals surface area contributed by atoms with E-state index in [1.165, 1.54) is 0 Å². The lowest BCUT2D eigenvalue weighted by molar-refractivity contribution is -0.139. The van der Waals surface area contributed by atoms with Crippen molar-refractivity contribution in [3.8, 4) is 0 Å². The average molecular weight is 300 g/mol. The van der Waals surface area contributed by atoms with Crippen LogP contribution < -0.4 is 10.6 Å². The maximum Gasteiger partial charge on any atom is 0.315 e. The van der Waals surface area contributed by atoms with Gasteiger partial charge in [0.25, 0.3) is 0 Å².